The van der Waals surface area contributed by atoms with E-state index in [1.165, 1.54) is 93.6 Å². The minimum absolute atomic E-state index is 0.0967. The second-order valence-electron chi connectivity index (χ2n) is 37.9. The predicted octanol–water partition coefficient (Wildman–Crippen LogP) is 43.2. The van der Waals surface area contributed by atoms with Gasteiger partial charge in [0.25, 0.3) is 0 Å². The SMILES string of the molecule is CC(C)c1cc(Cl)c(C#N)c(Cl)c1.CC(C)c1cc(Cl)c(N2CCCC2)c(Cl)c1.CC(C)c1cc(Cl)c(N2CCCC2)c(Cl)c1.CCCOc1c(Cl)cc(C(C)C)cc1Cl.Cc1c(Br)cc(C(C)C)cc1Br.Cc1c(F)cc(C(C)C)cc1F.Cc1cc(C(C)C)cc(C(F)(F)F)c1.Cc1cc(F)cc(C(C)C)c1.Cc1cc(F)cc(C(C)C)c1.Cc1ccc(Oc2c(Cl)cc(C(C)C)cc2Cl)cc1. The third kappa shape index (κ3) is 41.9. The van der Waals surface area contributed by atoms with Crippen LogP contribution in [0.15, 0.2) is 173 Å². The van der Waals surface area contributed by atoms with Gasteiger partial charge in [0.05, 0.1) is 79.3 Å². The van der Waals surface area contributed by atoms with Crippen molar-refractivity contribution in [3.05, 3.63) is 346 Å². The van der Waals surface area contributed by atoms with Gasteiger partial charge in [-0.2, -0.15) is 18.4 Å². The fourth-order valence-corrected chi connectivity index (χ4v) is 18.3. The van der Waals surface area contributed by atoms with Gasteiger partial charge in [-0.25, -0.2) is 17.6 Å². The number of anilines is 2. The van der Waals surface area contributed by atoms with Crippen molar-refractivity contribution in [1.29, 1.82) is 5.26 Å². The van der Waals surface area contributed by atoms with Crippen LogP contribution in [-0.4, -0.2) is 32.8 Å². The van der Waals surface area contributed by atoms with Crippen LogP contribution >= 0.6 is 148 Å². The van der Waals surface area contributed by atoms with Crippen molar-refractivity contribution >= 4 is 159 Å². The van der Waals surface area contributed by atoms with Crippen LogP contribution in [0.4, 0.5) is 42.1 Å². The zero-order valence-corrected chi connectivity index (χ0v) is 96.0. The molecule has 11 aromatic rings. The summed E-state index contributed by atoms with van der Waals surface area (Å²) in [5.74, 6) is 4.42. The van der Waals surface area contributed by atoms with Gasteiger partial charge < -0.3 is 19.3 Å². The van der Waals surface area contributed by atoms with Gasteiger partial charge in [0.2, 0.25) is 0 Å². The lowest BCUT2D eigenvalue weighted by Crippen LogP contribution is -2.18. The van der Waals surface area contributed by atoms with E-state index in [1.54, 1.807) is 49.4 Å². The largest absolute Gasteiger partial charge is 0.490 e. The molecule has 0 atom stereocenters. The Balaban J connectivity index is 0.000000324. The molecule has 0 spiro atoms. The lowest BCUT2D eigenvalue weighted by atomic mass is 9.98. The normalized spacial score (nSPS) is 12.1. The molecule has 0 aliphatic carbocycles. The van der Waals surface area contributed by atoms with Crippen molar-refractivity contribution in [1.82, 2.24) is 0 Å². The van der Waals surface area contributed by atoms with Crippen LogP contribution in [-0.2, 0) is 6.18 Å². The summed E-state index contributed by atoms with van der Waals surface area (Å²) >= 11 is 68.9. The van der Waals surface area contributed by atoms with Gasteiger partial charge >= 0.3 is 6.18 Å². The molecule has 11 aromatic carbocycles. The minimum atomic E-state index is -4.24. The van der Waals surface area contributed by atoms with Crippen LogP contribution < -0.4 is 19.3 Å². The molecule has 2 aliphatic rings. The number of alkyl halides is 3. The highest BCUT2D eigenvalue weighted by molar-refractivity contribution is 9.11. The number of nitrogens with zero attached hydrogens (tertiary/aromatic N) is 3. The van der Waals surface area contributed by atoms with Crippen molar-refractivity contribution < 1.29 is 40.2 Å². The zero-order chi connectivity index (χ0) is 105. The third-order valence-corrected chi connectivity index (χ3v) is 27.2. The highest BCUT2D eigenvalue weighted by atomic mass is 79.9. The molecule has 0 radical (unpaired) electrons. The minimum Gasteiger partial charge on any atom is -0.490 e. The average Bonchev–Trinajstić information content (AvgIpc) is 1.67. The van der Waals surface area contributed by atoms with Crippen LogP contribution in [0.5, 0.6) is 17.2 Å². The summed E-state index contributed by atoms with van der Waals surface area (Å²) in [6, 6.07) is 50.8. The average molecular weight is 2240 g/mol. The number of rotatable bonds is 17. The number of nitriles is 1. The molecule has 0 N–H and O–H groups in total. The zero-order valence-electron chi connectivity index (χ0n) is 85.3. The van der Waals surface area contributed by atoms with Crippen molar-refractivity contribution in [3.63, 3.8) is 0 Å². The Bertz CT molecular complexity index is 5390. The van der Waals surface area contributed by atoms with Gasteiger partial charge in [-0.3, -0.25) is 0 Å². The fraction of sp³-hybridized carbons (Fsp3) is 0.417. The van der Waals surface area contributed by atoms with Crippen molar-refractivity contribution in [3.8, 4) is 23.3 Å². The predicted molar refractivity (Wildman–Crippen MR) is 594 cm³/mol. The molecule has 2 saturated heterocycles. The fourth-order valence-electron chi connectivity index (χ4n) is 13.8. The van der Waals surface area contributed by atoms with E-state index in [0.717, 1.165) is 114 Å². The number of hydrogen-bond donors (Lipinski definition) is 0. The van der Waals surface area contributed by atoms with E-state index >= 15 is 0 Å². The Hall–Kier alpha value is -6.52. The van der Waals surface area contributed by atoms with Gasteiger partial charge in [0.15, 0.2) is 11.5 Å². The molecule has 0 saturated carbocycles. The second-order valence-corrected chi connectivity index (χ2v) is 43.7. The molecule has 758 valence electrons. The molecule has 0 bridgehead atoms. The summed E-state index contributed by atoms with van der Waals surface area (Å²) in [6.45, 7) is 59.4. The molecule has 0 aromatic heterocycles. The maximum atomic E-state index is 13.0. The lowest BCUT2D eigenvalue weighted by Gasteiger charge is -2.22. The van der Waals surface area contributed by atoms with Crippen LogP contribution in [0.1, 0.15) is 337 Å². The van der Waals surface area contributed by atoms with Gasteiger partial charge in [-0.1, -0.05) is 335 Å². The van der Waals surface area contributed by atoms with Crippen molar-refractivity contribution in [2.75, 3.05) is 42.6 Å². The Kier molecular flexibility index (Phi) is 54.2. The molecule has 2 fully saturated rings. The number of benzene rings is 11. The van der Waals surface area contributed by atoms with E-state index < -0.39 is 23.4 Å². The quantitative estimate of drug-likeness (QED) is 0.0851. The number of halogens is 19. The molecular weight excluding hydrogens is 2100 g/mol. The first-order valence-electron chi connectivity index (χ1n) is 47.2. The molecule has 24 heteroatoms. The topological polar surface area (TPSA) is 48.7 Å². The summed E-state index contributed by atoms with van der Waals surface area (Å²) in [5, 5.41) is 15.0. The molecule has 139 heavy (non-hydrogen) atoms. The summed E-state index contributed by atoms with van der Waals surface area (Å²) in [4.78, 5) is 4.57. The first-order valence-corrected chi connectivity index (χ1v) is 52.5. The third-order valence-electron chi connectivity index (χ3n) is 22.7. The Labute approximate surface area is 893 Å². The molecule has 5 nitrogen and oxygen atoms in total. The Morgan fingerprint density at radius 1 is 0.331 bits per heavy atom. The summed E-state index contributed by atoms with van der Waals surface area (Å²) < 4.78 is 102. The Morgan fingerprint density at radius 2 is 0.597 bits per heavy atom. The second kappa shape index (κ2) is 60.4. The molecule has 13 rings (SSSR count). The lowest BCUT2D eigenvalue weighted by molar-refractivity contribution is -0.137. The number of aryl methyl sites for hydroxylation is 4. The summed E-state index contributed by atoms with van der Waals surface area (Å²) in [7, 11) is 0. The molecule has 2 aliphatic heterocycles. The Morgan fingerprint density at radius 3 is 0.885 bits per heavy atom. The van der Waals surface area contributed by atoms with E-state index in [4.69, 9.17) is 131 Å². The monoisotopic (exact) mass is 2230 g/mol. The molecule has 0 unspecified atom stereocenters. The van der Waals surface area contributed by atoms with Crippen LogP contribution in [0.25, 0.3) is 0 Å². The van der Waals surface area contributed by atoms with Gasteiger partial charge in [0, 0.05) is 40.7 Å². The summed E-state index contributed by atoms with van der Waals surface area (Å²) in [6.07, 6.45) is 1.64. The standard InChI is InChI=1S/C16H16Cl2O.2C13H17Cl2N.C12H16Cl2O.C11H13F3.C10H12Br2.C10H9Cl2N.C10H12F2.2C10H13F/c1-10(2)12-8-14(17)16(15(18)9-12)19-13-6-4-11(3)5-7-13;2*1-9(2)10-7-11(14)13(12(15)8-10)16-5-3-4-6-16;1-4-5-15-12-10(13)6-9(8(2)3)7-11(12)14;1-7(2)9-4-8(3)5-10(6-9)11(12,13)14;1-6(2)8-4-9(11)7(3)10(12)5-8;1-6(2)7-3-9(11)8(5-13)10(12)4-7;1-6(2)8-4-9(11)7(3)10(12)5-8;2*1-7(2)9-4-8(3)5-10(11)6-9/h4-10H,1-3H3;2*7-9H,3-6H2,1-2H3;6-8H,4-5H2,1-3H3;4-7H,1-3H3;4-6H,1-3H3;3-4,6H,1-2H3;4-6H,1-3H3;2*4-7H,1-3H3. The van der Waals surface area contributed by atoms with E-state index in [-0.39, 0.29) is 29.0 Å². The first kappa shape index (κ1) is 125. The number of hydrogen-bond acceptors (Lipinski definition) is 5. The van der Waals surface area contributed by atoms with E-state index in [1.807, 2.05) is 160 Å². The highest BCUT2D eigenvalue weighted by Gasteiger charge is 2.31. The molecular formula is C115H138Br2Cl10F7N3O2. The van der Waals surface area contributed by atoms with Crippen LogP contribution in [0.2, 0.25) is 50.2 Å². The van der Waals surface area contributed by atoms with Gasteiger partial charge in [-0.15, -0.1) is 0 Å². The maximum absolute atomic E-state index is 13.0. The highest BCUT2D eigenvalue weighted by Crippen LogP contribution is 2.44. The van der Waals surface area contributed by atoms with E-state index in [0.29, 0.717) is 112 Å². The van der Waals surface area contributed by atoms with Gasteiger partial charge in [0.1, 0.15) is 35.1 Å². The van der Waals surface area contributed by atoms with Crippen LogP contribution in [0.3, 0.4) is 0 Å². The van der Waals surface area contributed by atoms with Crippen LogP contribution in [0, 0.1) is 76.1 Å². The van der Waals surface area contributed by atoms with E-state index in [9.17, 15) is 30.7 Å². The molecule has 2 heterocycles. The van der Waals surface area contributed by atoms with Gasteiger partial charge in [-0.05, 0) is 339 Å². The smallest absolute Gasteiger partial charge is 0.416 e. The van der Waals surface area contributed by atoms with E-state index in [2.05, 4.69) is 158 Å². The van der Waals surface area contributed by atoms with Crippen molar-refractivity contribution in [2.45, 2.75) is 284 Å². The maximum Gasteiger partial charge on any atom is 0.416 e. The first-order chi connectivity index (χ1) is 64.8. The number of ether oxygens (including phenoxy) is 2. The van der Waals surface area contributed by atoms with Crippen molar-refractivity contribution in [2.24, 2.45) is 0 Å². The summed E-state index contributed by atoms with van der Waals surface area (Å²) in [5.41, 5.74) is 17.7. The molecule has 0 amide bonds.